The Labute approximate surface area is 58.4 Å². The molecule has 0 aromatic heterocycles. The van der Waals surface area contributed by atoms with Crippen molar-refractivity contribution in [1.82, 2.24) is 0 Å². The maximum absolute atomic E-state index is 8.95. The van der Waals surface area contributed by atoms with Gasteiger partial charge in [0, 0.05) is 0 Å². The molecule has 2 N–H and O–H groups in total. The van der Waals surface area contributed by atoms with Crippen molar-refractivity contribution in [2.24, 2.45) is 0 Å². The molecule has 54 valence electrons. The highest BCUT2D eigenvalue weighted by Crippen LogP contribution is 2.25. The summed E-state index contributed by atoms with van der Waals surface area (Å²) in [6.45, 7) is 1.84. The summed E-state index contributed by atoms with van der Waals surface area (Å²) in [4.78, 5) is 3.88. The first-order chi connectivity index (χ1) is 4.74. The van der Waals surface area contributed by atoms with Crippen LogP contribution >= 0.6 is 0 Å². The first-order valence-corrected chi connectivity index (χ1v) is 2.85. The van der Waals surface area contributed by atoms with Gasteiger partial charge >= 0.3 is 0 Å². The lowest BCUT2D eigenvalue weighted by atomic mass is 10.2. The van der Waals surface area contributed by atoms with E-state index in [1.165, 1.54) is 12.1 Å². The van der Waals surface area contributed by atoms with Crippen molar-refractivity contribution in [3.63, 3.8) is 0 Å². The molecule has 3 heteroatoms. The van der Waals surface area contributed by atoms with Gasteiger partial charge in [-0.05, 0) is 24.6 Å². The van der Waals surface area contributed by atoms with E-state index in [9.17, 15) is 0 Å². The number of rotatable bonds is 1. The van der Waals surface area contributed by atoms with Crippen LogP contribution in [0.5, 0.6) is 11.5 Å². The number of phenols is 1. The van der Waals surface area contributed by atoms with Gasteiger partial charge < -0.3 is 9.99 Å². The fourth-order valence-electron chi connectivity index (χ4n) is 0.694. The van der Waals surface area contributed by atoms with Crippen LogP contribution in [0.4, 0.5) is 0 Å². The van der Waals surface area contributed by atoms with Crippen LogP contribution in [0.15, 0.2) is 18.2 Å². The summed E-state index contributed by atoms with van der Waals surface area (Å²) >= 11 is 0. The van der Waals surface area contributed by atoms with Gasteiger partial charge in [0.2, 0.25) is 5.75 Å². The molecule has 0 saturated heterocycles. The van der Waals surface area contributed by atoms with Crippen LogP contribution in [0, 0.1) is 6.92 Å². The van der Waals surface area contributed by atoms with E-state index in [0.29, 0.717) is 0 Å². The average Bonchev–Trinajstić information content (AvgIpc) is 1.94. The van der Waals surface area contributed by atoms with E-state index >= 15 is 0 Å². The zero-order valence-electron chi connectivity index (χ0n) is 5.53. The van der Waals surface area contributed by atoms with E-state index in [-0.39, 0.29) is 11.5 Å². The van der Waals surface area contributed by atoms with Crippen LogP contribution in [0.3, 0.4) is 0 Å². The highest BCUT2D eigenvalue weighted by atomic mass is 17.1. The third-order valence-corrected chi connectivity index (χ3v) is 1.21. The van der Waals surface area contributed by atoms with Crippen molar-refractivity contribution in [2.75, 3.05) is 0 Å². The molecule has 0 radical (unpaired) electrons. The molecule has 1 aromatic carbocycles. The Kier molecular flexibility index (Phi) is 1.78. The number of hydrogen-bond acceptors (Lipinski definition) is 3. The number of aryl methyl sites for hydroxylation is 1. The quantitative estimate of drug-likeness (QED) is 0.459. The van der Waals surface area contributed by atoms with Crippen molar-refractivity contribution in [2.45, 2.75) is 6.92 Å². The zero-order chi connectivity index (χ0) is 7.56. The largest absolute Gasteiger partial charge is 0.504 e. The van der Waals surface area contributed by atoms with Gasteiger partial charge in [0.05, 0.1) is 0 Å². The molecule has 0 atom stereocenters. The number of hydrogen-bond donors (Lipinski definition) is 2. The second kappa shape index (κ2) is 2.58. The van der Waals surface area contributed by atoms with Gasteiger partial charge in [-0.15, -0.1) is 0 Å². The van der Waals surface area contributed by atoms with Crippen LogP contribution in [0.1, 0.15) is 5.56 Å². The van der Waals surface area contributed by atoms with E-state index < -0.39 is 0 Å². The third-order valence-electron chi connectivity index (χ3n) is 1.21. The first-order valence-electron chi connectivity index (χ1n) is 2.85. The maximum atomic E-state index is 8.95. The third kappa shape index (κ3) is 1.19. The second-order valence-electron chi connectivity index (χ2n) is 2.06. The lowest BCUT2D eigenvalue weighted by Crippen LogP contribution is -1.84. The Balaban J connectivity index is 3.09. The van der Waals surface area contributed by atoms with E-state index in [1.54, 1.807) is 6.07 Å². The molecule has 1 rings (SSSR count). The summed E-state index contributed by atoms with van der Waals surface area (Å²) in [7, 11) is 0. The Hall–Kier alpha value is -1.22. The molecule has 0 spiro atoms. The molecule has 0 aliphatic carbocycles. The Morgan fingerprint density at radius 2 is 2.10 bits per heavy atom. The first kappa shape index (κ1) is 6.89. The highest BCUT2D eigenvalue weighted by molar-refractivity contribution is 5.40. The predicted octanol–water partition coefficient (Wildman–Crippen LogP) is 1.55. The van der Waals surface area contributed by atoms with Crippen molar-refractivity contribution in [1.29, 1.82) is 0 Å². The summed E-state index contributed by atoms with van der Waals surface area (Å²) < 4.78 is 0. The maximum Gasteiger partial charge on any atom is 0.206 e. The molecule has 0 bridgehead atoms. The molecule has 0 amide bonds. The van der Waals surface area contributed by atoms with E-state index in [0.717, 1.165) is 5.56 Å². The highest BCUT2D eigenvalue weighted by Gasteiger charge is 1.99. The minimum atomic E-state index is -0.0619. The Bertz CT molecular complexity index is 232. The van der Waals surface area contributed by atoms with E-state index in [4.69, 9.17) is 10.4 Å². The standard InChI is InChI=1S/C7H8O3/c1-5-2-3-6(8)7(4-5)10-9/h2-4,8-9H,1H3. The van der Waals surface area contributed by atoms with Crippen LogP contribution in [0.2, 0.25) is 0 Å². The van der Waals surface area contributed by atoms with Crippen LogP contribution in [-0.4, -0.2) is 10.4 Å². The lowest BCUT2D eigenvalue weighted by Gasteiger charge is -1.99. The van der Waals surface area contributed by atoms with Crippen LogP contribution in [0.25, 0.3) is 0 Å². The molecule has 0 fully saturated rings. The van der Waals surface area contributed by atoms with Crippen molar-refractivity contribution >= 4 is 0 Å². The van der Waals surface area contributed by atoms with Crippen LogP contribution in [-0.2, 0) is 0 Å². The second-order valence-corrected chi connectivity index (χ2v) is 2.06. The van der Waals surface area contributed by atoms with Crippen molar-refractivity contribution in [3.05, 3.63) is 23.8 Å². The number of benzene rings is 1. The molecule has 0 saturated carbocycles. The SMILES string of the molecule is Cc1ccc(O)c(OO)c1. The average molecular weight is 140 g/mol. The van der Waals surface area contributed by atoms with Gasteiger partial charge in [-0.3, -0.25) is 0 Å². The molecule has 0 aliphatic heterocycles. The van der Waals surface area contributed by atoms with Gasteiger partial charge in [-0.25, -0.2) is 5.26 Å². The molecular formula is C7H8O3. The molecule has 0 aliphatic rings. The molecule has 10 heavy (non-hydrogen) atoms. The van der Waals surface area contributed by atoms with Crippen molar-refractivity contribution in [3.8, 4) is 11.5 Å². The minimum absolute atomic E-state index is 0.0619. The number of phenolic OH excluding ortho intramolecular Hbond substituents is 1. The van der Waals surface area contributed by atoms with Crippen LogP contribution < -0.4 is 4.89 Å². The fraction of sp³-hybridized carbons (Fsp3) is 0.143. The molecular weight excluding hydrogens is 132 g/mol. The zero-order valence-corrected chi connectivity index (χ0v) is 5.53. The summed E-state index contributed by atoms with van der Waals surface area (Å²) in [6.07, 6.45) is 0. The van der Waals surface area contributed by atoms with Gasteiger partial charge in [0.25, 0.3) is 0 Å². The molecule has 0 heterocycles. The lowest BCUT2D eigenvalue weighted by molar-refractivity contribution is -0.139. The van der Waals surface area contributed by atoms with Gasteiger partial charge in [0.1, 0.15) is 0 Å². The Morgan fingerprint density at radius 1 is 1.40 bits per heavy atom. The molecule has 3 nitrogen and oxygen atoms in total. The predicted molar refractivity (Wildman–Crippen MR) is 36.1 cm³/mol. The normalized spacial score (nSPS) is 9.40. The van der Waals surface area contributed by atoms with Gasteiger partial charge in [-0.1, -0.05) is 6.07 Å². The Morgan fingerprint density at radius 3 is 2.60 bits per heavy atom. The minimum Gasteiger partial charge on any atom is -0.504 e. The monoisotopic (exact) mass is 140 g/mol. The molecule has 0 unspecified atom stereocenters. The van der Waals surface area contributed by atoms with Gasteiger partial charge in [0.15, 0.2) is 5.75 Å². The summed E-state index contributed by atoms with van der Waals surface area (Å²) in [5.41, 5.74) is 0.918. The molecule has 1 aromatic rings. The smallest absolute Gasteiger partial charge is 0.206 e. The van der Waals surface area contributed by atoms with Gasteiger partial charge in [-0.2, -0.15) is 0 Å². The number of aromatic hydroxyl groups is 1. The summed E-state index contributed by atoms with van der Waals surface area (Å²) in [6, 6.07) is 4.72. The summed E-state index contributed by atoms with van der Waals surface area (Å²) in [5.74, 6) is 0.0214. The summed E-state index contributed by atoms with van der Waals surface area (Å²) in [5, 5.41) is 17.1. The fourth-order valence-corrected chi connectivity index (χ4v) is 0.694. The van der Waals surface area contributed by atoms with E-state index in [2.05, 4.69) is 4.89 Å². The van der Waals surface area contributed by atoms with Crippen molar-refractivity contribution < 1.29 is 15.3 Å². The van der Waals surface area contributed by atoms with E-state index in [1.807, 2.05) is 6.92 Å². The topological polar surface area (TPSA) is 49.7 Å².